The topological polar surface area (TPSA) is 88.6 Å². The van der Waals surface area contributed by atoms with E-state index in [1.807, 2.05) is 0 Å². The monoisotopic (exact) mass is 257 g/mol. The summed E-state index contributed by atoms with van der Waals surface area (Å²) >= 11 is 0. The van der Waals surface area contributed by atoms with Crippen molar-refractivity contribution in [3.8, 4) is 0 Å². The van der Waals surface area contributed by atoms with Gasteiger partial charge in [-0.3, -0.25) is 0 Å². The van der Waals surface area contributed by atoms with Gasteiger partial charge in [0.05, 0.1) is 26.4 Å². The number of ether oxygens (including phenoxy) is 3. The molecule has 0 aliphatic carbocycles. The fourth-order valence-electron chi connectivity index (χ4n) is 1.64. The molecule has 1 aromatic heterocycles. The molecule has 0 aliphatic heterocycles. The normalized spacial score (nSPS) is 12.4. The molecule has 0 saturated carbocycles. The van der Waals surface area contributed by atoms with Crippen molar-refractivity contribution in [3.05, 3.63) is 11.5 Å². The van der Waals surface area contributed by atoms with Gasteiger partial charge in [-0.25, -0.2) is 9.78 Å². The van der Waals surface area contributed by atoms with Gasteiger partial charge in [-0.15, -0.1) is 0 Å². The SMILES string of the molecule is COCC(Cn1c(C)nc(C(=O)OC)c1N)OC. The van der Waals surface area contributed by atoms with Crippen molar-refractivity contribution in [1.29, 1.82) is 0 Å². The molecular weight excluding hydrogens is 238 g/mol. The summed E-state index contributed by atoms with van der Waals surface area (Å²) in [5.41, 5.74) is 6.01. The molecule has 1 aromatic rings. The van der Waals surface area contributed by atoms with Crippen molar-refractivity contribution in [2.75, 3.05) is 33.7 Å². The Labute approximate surface area is 106 Å². The van der Waals surface area contributed by atoms with Crippen LogP contribution in [-0.2, 0) is 20.8 Å². The molecule has 2 N–H and O–H groups in total. The number of methoxy groups -OCH3 is 3. The first-order valence-electron chi connectivity index (χ1n) is 5.47. The fourth-order valence-corrected chi connectivity index (χ4v) is 1.64. The number of aromatic nitrogens is 2. The molecule has 0 saturated heterocycles. The van der Waals surface area contributed by atoms with Crippen molar-refractivity contribution >= 4 is 11.8 Å². The van der Waals surface area contributed by atoms with Gasteiger partial charge in [0.15, 0.2) is 5.69 Å². The van der Waals surface area contributed by atoms with Crippen LogP contribution in [0, 0.1) is 6.92 Å². The average molecular weight is 257 g/mol. The first kappa shape index (κ1) is 14.5. The molecular formula is C11H19N3O4. The van der Waals surface area contributed by atoms with E-state index in [0.29, 0.717) is 19.0 Å². The van der Waals surface area contributed by atoms with E-state index in [-0.39, 0.29) is 17.6 Å². The first-order chi connectivity index (χ1) is 8.54. The Morgan fingerprint density at radius 3 is 2.61 bits per heavy atom. The van der Waals surface area contributed by atoms with Crippen LogP contribution in [0.25, 0.3) is 0 Å². The summed E-state index contributed by atoms with van der Waals surface area (Å²) in [5.74, 6) is 0.360. The van der Waals surface area contributed by atoms with Crippen LogP contribution in [0.15, 0.2) is 0 Å². The molecule has 0 aromatic carbocycles. The van der Waals surface area contributed by atoms with Crippen LogP contribution in [0.5, 0.6) is 0 Å². The second-order valence-corrected chi connectivity index (χ2v) is 3.81. The van der Waals surface area contributed by atoms with Gasteiger partial charge in [-0.1, -0.05) is 0 Å². The van der Waals surface area contributed by atoms with Gasteiger partial charge in [0.1, 0.15) is 11.6 Å². The van der Waals surface area contributed by atoms with Crippen molar-refractivity contribution in [1.82, 2.24) is 9.55 Å². The highest BCUT2D eigenvalue weighted by Gasteiger charge is 2.21. The van der Waals surface area contributed by atoms with E-state index in [9.17, 15) is 4.79 Å². The maximum absolute atomic E-state index is 11.4. The Balaban J connectivity index is 2.95. The van der Waals surface area contributed by atoms with E-state index < -0.39 is 5.97 Å². The van der Waals surface area contributed by atoms with Crippen molar-refractivity contribution in [3.63, 3.8) is 0 Å². The molecule has 0 radical (unpaired) electrons. The van der Waals surface area contributed by atoms with Crippen LogP contribution in [0.4, 0.5) is 5.82 Å². The highest BCUT2D eigenvalue weighted by atomic mass is 16.5. The highest BCUT2D eigenvalue weighted by molar-refractivity contribution is 5.92. The molecule has 102 valence electrons. The number of nitrogens with two attached hydrogens (primary N) is 1. The molecule has 1 atom stereocenters. The molecule has 7 heteroatoms. The number of esters is 1. The quantitative estimate of drug-likeness (QED) is 0.733. The van der Waals surface area contributed by atoms with Gasteiger partial charge in [-0.2, -0.15) is 0 Å². The minimum Gasteiger partial charge on any atom is -0.464 e. The van der Waals surface area contributed by atoms with Gasteiger partial charge in [0.2, 0.25) is 0 Å². The number of anilines is 1. The Kier molecular flexibility index (Phi) is 5.11. The van der Waals surface area contributed by atoms with Crippen molar-refractivity contribution in [2.24, 2.45) is 0 Å². The lowest BCUT2D eigenvalue weighted by Crippen LogP contribution is -2.25. The minimum atomic E-state index is -0.546. The van der Waals surface area contributed by atoms with E-state index in [2.05, 4.69) is 9.72 Å². The second-order valence-electron chi connectivity index (χ2n) is 3.81. The smallest absolute Gasteiger partial charge is 0.360 e. The number of imidazole rings is 1. The predicted molar refractivity (Wildman–Crippen MR) is 65.4 cm³/mol. The van der Waals surface area contributed by atoms with Crippen LogP contribution < -0.4 is 5.73 Å². The third-order valence-corrected chi connectivity index (χ3v) is 2.65. The molecule has 7 nitrogen and oxygen atoms in total. The lowest BCUT2D eigenvalue weighted by Gasteiger charge is -2.16. The average Bonchev–Trinajstić information content (AvgIpc) is 2.64. The summed E-state index contributed by atoms with van der Waals surface area (Å²) in [6.45, 7) is 2.66. The zero-order chi connectivity index (χ0) is 13.7. The van der Waals surface area contributed by atoms with Crippen LogP contribution in [0.2, 0.25) is 0 Å². The summed E-state index contributed by atoms with van der Waals surface area (Å²) in [6, 6.07) is 0. The second kappa shape index (κ2) is 6.36. The Bertz CT molecular complexity index is 417. The lowest BCUT2D eigenvalue weighted by atomic mass is 10.3. The van der Waals surface area contributed by atoms with E-state index in [0.717, 1.165) is 0 Å². The maximum Gasteiger partial charge on any atom is 0.360 e. The van der Waals surface area contributed by atoms with Crippen molar-refractivity contribution in [2.45, 2.75) is 19.6 Å². The summed E-state index contributed by atoms with van der Waals surface area (Å²) in [6.07, 6.45) is -0.157. The minimum absolute atomic E-state index is 0.127. The van der Waals surface area contributed by atoms with E-state index in [1.165, 1.54) is 7.11 Å². The number of carbonyl (C=O) groups is 1. The first-order valence-corrected chi connectivity index (χ1v) is 5.47. The molecule has 1 rings (SSSR count). The van der Waals surface area contributed by atoms with Gasteiger partial charge in [-0.05, 0) is 6.92 Å². The van der Waals surface area contributed by atoms with E-state index in [1.54, 1.807) is 25.7 Å². The van der Waals surface area contributed by atoms with Crippen LogP contribution in [0.1, 0.15) is 16.3 Å². The molecule has 18 heavy (non-hydrogen) atoms. The molecule has 0 aliphatic rings. The van der Waals surface area contributed by atoms with Crippen LogP contribution in [0.3, 0.4) is 0 Å². The molecule has 0 spiro atoms. The Morgan fingerprint density at radius 1 is 1.44 bits per heavy atom. The molecule has 0 bridgehead atoms. The van der Waals surface area contributed by atoms with Gasteiger partial charge in [0, 0.05) is 14.2 Å². The number of nitrogens with zero attached hydrogens (tertiary/aromatic N) is 2. The Morgan fingerprint density at radius 2 is 2.11 bits per heavy atom. The van der Waals surface area contributed by atoms with E-state index in [4.69, 9.17) is 15.2 Å². The van der Waals surface area contributed by atoms with Crippen LogP contribution >= 0.6 is 0 Å². The fraction of sp³-hybridized carbons (Fsp3) is 0.636. The van der Waals surface area contributed by atoms with Crippen LogP contribution in [-0.4, -0.2) is 49.6 Å². The number of hydrogen-bond donors (Lipinski definition) is 1. The number of rotatable bonds is 6. The van der Waals surface area contributed by atoms with Gasteiger partial charge < -0.3 is 24.5 Å². The number of nitrogen functional groups attached to an aromatic ring is 1. The summed E-state index contributed by atoms with van der Waals surface area (Å²) in [7, 11) is 4.47. The molecule has 0 fully saturated rings. The van der Waals surface area contributed by atoms with E-state index >= 15 is 0 Å². The summed E-state index contributed by atoms with van der Waals surface area (Å²) in [5, 5.41) is 0. The highest BCUT2D eigenvalue weighted by Crippen LogP contribution is 2.16. The predicted octanol–water partition coefficient (Wildman–Crippen LogP) is 0.222. The summed E-state index contributed by atoms with van der Waals surface area (Å²) < 4.78 is 16.6. The molecule has 1 heterocycles. The Hall–Kier alpha value is -1.60. The zero-order valence-corrected chi connectivity index (χ0v) is 11.1. The molecule has 1 unspecified atom stereocenters. The summed E-state index contributed by atoms with van der Waals surface area (Å²) in [4.78, 5) is 15.5. The van der Waals surface area contributed by atoms with Gasteiger partial charge >= 0.3 is 5.97 Å². The lowest BCUT2D eigenvalue weighted by molar-refractivity contribution is 0.0183. The number of hydrogen-bond acceptors (Lipinski definition) is 6. The standard InChI is InChI=1S/C11H19N3O4/c1-7-13-9(11(15)18-4)10(12)14(7)5-8(17-3)6-16-2/h8H,5-6,12H2,1-4H3. The largest absolute Gasteiger partial charge is 0.464 e. The number of aryl methyl sites for hydroxylation is 1. The zero-order valence-electron chi connectivity index (χ0n) is 11.1. The molecule has 0 amide bonds. The van der Waals surface area contributed by atoms with Gasteiger partial charge in [0.25, 0.3) is 0 Å². The maximum atomic E-state index is 11.4. The number of carbonyl (C=O) groups excluding carboxylic acids is 1. The third-order valence-electron chi connectivity index (χ3n) is 2.65. The third kappa shape index (κ3) is 2.99. The van der Waals surface area contributed by atoms with Crippen molar-refractivity contribution < 1.29 is 19.0 Å².